The van der Waals surface area contributed by atoms with Gasteiger partial charge in [0.15, 0.2) is 0 Å². The molecule has 0 atom stereocenters. The zero-order valence-corrected chi connectivity index (χ0v) is 10.7. The van der Waals surface area contributed by atoms with Crippen LogP contribution in [0.25, 0.3) is 0 Å². The van der Waals surface area contributed by atoms with Crippen LogP contribution in [0.5, 0.6) is 0 Å². The third-order valence-electron chi connectivity index (χ3n) is 2.72. The normalized spacial score (nSPS) is 16.8. The van der Waals surface area contributed by atoms with Crippen molar-refractivity contribution >= 4 is 29.1 Å². The molecule has 0 aliphatic carbocycles. The zero-order chi connectivity index (χ0) is 12.3. The standard InChI is InChI=1S/C11H13Cl2N3O/c12-7-5-9(10(13)15-6-7)11(17)16-8-1-3-14-4-2-8/h5-6,8,14H,1-4H2,(H,16,17). The van der Waals surface area contributed by atoms with Crippen LogP contribution in [0.1, 0.15) is 23.2 Å². The van der Waals surface area contributed by atoms with Crippen molar-refractivity contribution in [2.45, 2.75) is 18.9 Å². The molecule has 1 saturated heterocycles. The Balaban J connectivity index is 2.05. The maximum Gasteiger partial charge on any atom is 0.254 e. The number of hydrogen-bond acceptors (Lipinski definition) is 3. The number of pyridine rings is 1. The largest absolute Gasteiger partial charge is 0.349 e. The van der Waals surface area contributed by atoms with E-state index in [2.05, 4.69) is 15.6 Å². The number of aromatic nitrogens is 1. The molecule has 1 fully saturated rings. The summed E-state index contributed by atoms with van der Waals surface area (Å²) < 4.78 is 0. The van der Waals surface area contributed by atoms with E-state index in [1.165, 1.54) is 12.3 Å². The maximum atomic E-state index is 12.0. The average molecular weight is 274 g/mol. The molecule has 2 rings (SSSR count). The van der Waals surface area contributed by atoms with E-state index < -0.39 is 0 Å². The Hall–Kier alpha value is -0.840. The zero-order valence-electron chi connectivity index (χ0n) is 9.17. The van der Waals surface area contributed by atoms with Gasteiger partial charge in [0, 0.05) is 12.2 Å². The Kier molecular flexibility index (Phi) is 4.20. The lowest BCUT2D eigenvalue weighted by molar-refractivity contribution is 0.0929. The van der Waals surface area contributed by atoms with E-state index in [4.69, 9.17) is 23.2 Å². The van der Waals surface area contributed by atoms with Gasteiger partial charge in [0.2, 0.25) is 0 Å². The highest BCUT2D eigenvalue weighted by Gasteiger charge is 2.18. The highest BCUT2D eigenvalue weighted by atomic mass is 35.5. The number of nitrogens with zero attached hydrogens (tertiary/aromatic N) is 1. The minimum atomic E-state index is -0.211. The molecular weight excluding hydrogens is 261 g/mol. The summed E-state index contributed by atoms with van der Waals surface area (Å²) in [5.41, 5.74) is 0.331. The molecule has 2 heterocycles. The van der Waals surface area contributed by atoms with E-state index in [0.717, 1.165) is 25.9 Å². The molecule has 1 aliphatic heterocycles. The molecule has 92 valence electrons. The fraction of sp³-hybridized carbons (Fsp3) is 0.455. The maximum absolute atomic E-state index is 12.0. The van der Waals surface area contributed by atoms with Crippen molar-refractivity contribution in [3.8, 4) is 0 Å². The van der Waals surface area contributed by atoms with Crippen LogP contribution in [0.4, 0.5) is 0 Å². The van der Waals surface area contributed by atoms with Crippen molar-refractivity contribution in [3.05, 3.63) is 28.0 Å². The molecule has 1 aromatic rings. The highest BCUT2D eigenvalue weighted by Crippen LogP contribution is 2.18. The van der Waals surface area contributed by atoms with Gasteiger partial charge < -0.3 is 10.6 Å². The molecule has 0 bridgehead atoms. The molecule has 0 saturated carbocycles. The lowest BCUT2D eigenvalue weighted by Gasteiger charge is -2.23. The summed E-state index contributed by atoms with van der Waals surface area (Å²) >= 11 is 11.7. The van der Waals surface area contributed by atoms with E-state index >= 15 is 0 Å². The summed E-state index contributed by atoms with van der Waals surface area (Å²) in [6.45, 7) is 1.85. The lowest BCUT2D eigenvalue weighted by Crippen LogP contribution is -2.42. The Morgan fingerprint density at radius 2 is 2.12 bits per heavy atom. The molecule has 0 unspecified atom stereocenters. The van der Waals surface area contributed by atoms with Crippen molar-refractivity contribution < 1.29 is 4.79 Å². The summed E-state index contributed by atoms with van der Waals surface area (Å²) in [4.78, 5) is 15.8. The molecule has 1 amide bonds. The summed E-state index contributed by atoms with van der Waals surface area (Å²) in [5, 5.41) is 6.77. The van der Waals surface area contributed by atoms with Gasteiger partial charge in [-0.25, -0.2) is 4.98 Å². The molecule has 1 aliphatic rings. The molecule has 4 nitrogen and oxygen atoms in total. The number of nitrogens with one attached hydrogen (secondary N) is 2. The molecule has 17 heavy (non-hydrogen) atoms. The first-order valence-corrected chi connectivity index (χ1v) is 6.25. The summed E-state index contributed by atoms with van der Waals surface area (Å²) in [7, 11) is 0. The van der Waals surface area contributed by atoms with Crippen molar-refractivity contribution in [1.82, 2.24) is 15.6 Å². The van der Waals surface area contributed by atoms with Crippen molar-refractivity contribution in [3.63, 3.8) is 0 Å². The van der Waals surface area contributed by atoms with Crippen molar-refractivity contribution in [2.24, 2.45) is 0 Å². The molecule has 0 radical (unpaired) electrons. The van der Waals surface area contributed by atoms with Crippen LogP contribution in [-0.4, -0.2) is 30.0 Å². The van der Waals surface area contributed by atoms with Crippen molar-refractivity contribution in [1.29, 1.82) is 0 Å². The van der Waals surface area contributed by atoms with E-state index in [-0.39, 0.29) is 17.1 Å². The second kappa shape index (κ2) is 5.67. The number of halogens is 2. The second-order valence-corrected chi connectivity index (χ2v) is 4.78. The monoisotopic (exact) mass is 273 g/mol. The van der Waals surface area contributed by atoms with Gasteiger partial charge in [-0.2, -0.15) is 0 Å². The van der Waals surface area contributed by atoms with Crippen LogP contribution in [0.15, 0.2) is 12.3 Å². The van der Waals surface area contributed by atoms with E-state index in [0.29, 0.717) is 10.6 Å². The van der Waals surface area contributed by atoms with Gasteiger partial charge in [0.25, 0.3) is 5.91 Å². The SMILES string of the molecule is O=C(NC1CCNCC1)c1cc(Cl)cnc1Cl. The molecular formula is C11H13Cl2N3O. The van der Waals surface area contributed by atoms with Crippen LogP contribution < -0.4 is 10.6 Å². The fourth-order valence-electron chi connectivity index (χ4n) is 1.81. The molecule has 2 N–H and O–H groups in total. The van der Waals surface area contributed by atoms with Gasteiger partial charge in [-0.3, -0.25) is 4.79 Å². The van der Waals surface area contributed by atoms with E-state index in [1.54, 1.807) is 0 Å². The Bertz CT molecular complexity index is 419. The third kappa shape index (κ3) is 3.31. The topological polar surface area (TPSA) is 54.0 Å². The fourth-order valence-corrected chi connectivity index (χ4v) is 2.16. The van der Waals surface area contributed by atoms with Crippen LogP contribution in [0.2, 0.25) is 10.2 Å². The predicted molar refractivity (Wildman–Crippen MR) is 67.6 cm³/mol. The molecule has 0 spiro atoms. The van der Waals surface area contributed by atoms with Crippen LogP contribution in [0, 0.1) is 0 Å². The summed E-state index contributed by atoms with van der Waals surface area (Å²) in [5.74, 6) is -0.211. The Labute approximate surface area is 110 Å². The summed E-state index contributed by atoms with van der Waals surface area (Å²) in [6, 6.07) is 1.73. The highest BCUT2D eigenvalue weighted by molar-refractivity contribution is 6.34. The van der Waals surface area contributed by atoms with Gasteiger partial charge >= 0.3 is 0 Å². The number of hydrogen-bond donors (Lipinski definition) is 2. The van der Waals surface area contributed by atoms with Crippen LogP contribution in [-0.2, 0) is 0 Å². The first-order chi connectivity index (χ1) is 8.16. The summed E-state index contributed by atoms with van der Waals surface area (Å²) in [6.07, 6.45) is 3.28. The Morgan fingerprint density at radius 3 is 2.82 bits per heavy atom. The minimum absolute atomic E-state index is 0.181. The first-order valence-electron chi connectivity index (χ1n) is 5.49. The second-order valence-electron chi connectivity index (χ2n) is 3.99. The smallest absolute Gasteiger partial charge is 0.254 e. The molecule has 1 aromatic heterocycles. The third-order valence-corrected chi connectivity index (χ3v) is 3.23. The first kappa shape index (κ1) is 12.6. The minimum Gasteiger partial charge on any atom is -0.349 e. The van der Waals surface area contributed by atoms with Gasteiger partial charge in [-0.1, -0.05) is 23.2 Å². The number of rotatable bonds is 2. The predicted octanol–water partition coefficient (Wildman–Crippen LogP) is 1.87. The average Bonchev–Trinajstić information content (AvgIpc) is 2.33. The van der Waals surface area contributed by atoms with Crippen LogP contribution >= 0.6 is 23.2 Å². The number of piperidine rings is 1. The lowest BCUT2D eigenvalue weighted by atomic mass is 10.1. The van der Waals surface area contributed by atoms with Gasteiger partial charge in [-0.15, -0.1) is 0 Å². The number of amides is 1. The van der Waals surface area contributed by atoms with Gasteiger partial charge in [0.1, 0.15) is 5.15 Å². The van der Waals surface area contributed by atoms with Crippen LogP contribution in [0.3, 0.4) is 0 Å². The Morgan fingerprint density at radius 1 is 1.41 bits per heavy atom. The van der Waals surface area contributed by atoms with Gasteiger partial charge in [0.05, 0.1) is 10.6 Å². The number of carbonyl (C=O) groups excluding carboxylic acids is 1. The number of carbonyl (C=O) groups is 1. The quantitative estimate of drug-likeness (QED) is 0.809. The van der Waals surface area contributed by atoms with E-state index in [1.807, 2.05) is 0 Å². The molecule has 6 heteroatoms. The molecule has 0 aromatic carbocycles. The van der Waals surface area contributed by atoms with E-state index in [9.17, 15) is 4.79 Å². The van der Waals surface area contributed by atoms with Gasteiger partial charge in [-0.05, 0) is 32.0 Å². The van der Waals surface area contributed by atoms with Crippen molar-refractivity contribution in [2.75, 3.05) is 13.1 Å².